The molecule has 0 radical (unpaired) electrons. The van der Waals surface area contributed by atoms with Gasteiger partial charge in [-0.1, -0.05) is 196 Å². The zero-order valence-electron chi connectivity index (χ0n) is 43.6. The number of benzene rings is 10. The molecule has 2 heteroatoms. The van der Waals surface area contributed by atoms with Gasteiger partial charge in [-0.2, -0.15) is 0 Å². The number of fused-ring (bicyclic) bond motifs is 9. The minimum absolute atomic E-state index is 0.0983. The number of anilines is 6. The molecule has 0 amide bonds. The maximum Gasteiger partial charge on any atom is 0.0506 e. The van der Waals surface area contributed by atoms with Gasteiger partial charge in [-0.15, -0.1) is 0 Å². The molecular formula is C71H62N2. The Kier molecular flexibility index (Phi) is 9.87. The Morgan fingerprint density at radius 2 is 0.822 bits per heavy atom. The lowest BCUT2D eigenvalue weighted by Crippen LogP contribution is -2.31. The summed E-state index contributed by atoms with van der Waals surface area (Å²) in [6, 6.07) is 75.7. The van der Waals surface area contributed by atoms with Gasteiger partial charge in [0.1, 0.15) is 0 Å². The SMILES string of the molecule is CC(C)(C)c1ccc(N2c3ccccc3C(C)(C)c3cc(/C=C/c4ccc5cc(-c6ccc7c(c6)C(C)(C)c6cc8c(cc6-7)C(C)(C)c6ccccc6N8c6ccc7ccccc7c6)ccc5c4)ccc32)cc1. The summed E-state index contributed by atoms with van der Waals surface area (Å²) in [5, 5.41) is 4.98. The van der Waals surface area contributed by atoms with Crippen LogP contribution in [0.5, 0.6) is 0 Å². The molecule has 10 aromatic carbocycles. The number of para-hydroxylation sites is 2. The first kappa shape index (κ1) is 45.0. The highest BCUT2D eigenvalue weighted by Crippen LogP contribution is 2.58. The molecule has 0 unspecified atom stereocenters. The molecule has 2 nitrogen and oxygen atoms in total. The van der Waals surface area contributed by atoms with E-state index in [1.54, 1.807) is 0 Å². The number of nitrogens with zero attached hydrogens (tertiary/aromatic N) is 2. The van der Waals surface area contributed by atoms with Gasteiger partial charge in [0.05, 0.1) is 22.7 Å². The first-order chi connectivity index (χ1) is 35.1. The predicted molar refractivity (Wildman–Crippen MR) is 312 cm³/mol. The van der Waals surface area contributed by atoms with Gasteiger partial charge in [0.2, 0.25) is 0 Å². The van der Waals surface area contributed by atoms with E-state index >= 15 is 0 Å². The highest BCUT2D eigenvalue weighted by atomic mass is 15.2. The fourth-order valence-corrected chi connectivity index (χ4v) is 12.7. The second-order valence-electron chi connectivity index (χ2n) is 23.5. The van der Waals surface area contributed by atoms with Crippen molar-refractivity contribution < 1.29 is 0 Å². The third-order valence-electron chi connectivity index (χ3n) is 16.9. The van der Waals surface area contributed by atoms with Crippen molar-refractivity contribution in [2.75, 3.05) is 9.80 Å². The summed E-state index contributed by atoms with van der Waals surface area (Å²) < 4.78 is 0. The van der Waals surface area contributed by atoms with E-state index in [1.807, 2.05) is 0 Å². The normalized spacial score (nSPS) is 15.7. The molecular weight excluding hydrogens is 881 g/mol. The van der Waals surface area contributed by atoms with Gasteiger partial charge in [0.25, 0.3) is 0 Å². The maximum absolute atomic E-state index is 2.52. The molecule has 2 aliphatic heterocycles. The Labute approximate surface area is 431 Å². The monoisotopic (exact) mass is 942 g/mol. The summed E-state index contributed by atoms with van der Waals surface area (Å²) >= 11 is 0. The molecule has 73 heavy (non-hydrogen) atoms. The Bertz CT molecular complexity index is 3930. The zero-order chi connectivity index (χ0) is 50.2. The Morgan fingerprint density at radius 3 is 1.53 bits per heavy atom. The summed E-state index contributed by atoms with van der Waals surface area (Å²) in [5.41, 5.74) is 24.0. The van der Waals surface area contributed by atoms with Crippen molar-refractivity contribution in [3.8, 4) is 22.3 Å². The second kappa shape index (κ2) is 16.0. The van der Waals surface area contributed by atoms with E-state index in [-0.39, 0.29) is 21.7 Å². The minimum atomic E-state index is -0.194. The van der Waals surface area contributed by atoms with Crippen LogP contribution in [0.4, 0.5) is 34.1 Å². The lowest BCUT2D eigenvalue weighted by molar-refractivity contribution is 0.590. The van der Waals surface area contributed by atoms with E-state index in [0.29, 0.717) is 0 Å². The van der Waals surface area contributed by atoms with Crippen molar-refractivity contribution in [3.63, 3.8) is 0 Å². The van der Waals surface area contributed by atoms with Crippen LogP contribution in [0.25, 0.3) is 56.0 Å². The van der Waals surface area contributed by atoms with Gasteiger partial charge < -0.3 is 9.80 Å². The standard InChI is InChI=1S/C71H62N2/c1-68(2,3)53-31-34-54(35-32-53)72-64-20-14-12-18-58(64)69(4,5)62-39-46(25-37-66(62)72)23-22-45-24-26-50-40-51(28-27-49(50)38-45)52-30-36-56-57-43-63-67(44-61(57)71(8,9)60(56)42-52)73(65-21-15-13-19-59(65)70(63,6)7)55-33-29-47-16-10-11-17-48(47)41-55/h10-44H,1-9H3/b23-22+. The van der Waals surface area contributed by atoms with Crippen LogP contribution in [0.1, 0.15) is 112 Å². The molecule has 356 valence electrons. The molecule has 0 fully saturated rings. The van der Waals surface area contributed by atoms with E-state index in [0.717, 1.165) is 0 Å². The Balaban J connectivity index is 0.804. The molecule has 10 aromatic rings. The van der Waals surface area contributed by atoms with E-state index in [1.165, 1.54) is 128 Å². The maximum atomic E-state index is 2.52. The highest BCUT2D eigenvalue weighted by molar-refractivity contribution is 5.96. The minimum Gasteiger partial charge on any atom is -0.310 e. The summed E-state index contributed by atoms with van der Waals surface area (Å²) in [6.07, 6.45) is 4.54. The molecule has 0 atom stereocenters. The molecule has 0 N–H and O–H groups in total. The van der Waals surface area contributed by atoms with Gasteiger partial charge in [-0.05, 0) is 178 Å². The van der Waals surface area contributed by atoms with Gasteiger partial charge in [0.15, 0.2) is 0 Å². The smallest absolute Gasteiger partial charge is 0.0506 e. The Morgan fingerprint density at radius 1 is 0.329 bits per heavy atom. The quantitative estimate of drug-likeness (QED) is 0.159. The van der Waals surface area contributed by atoms with Crippen LogP contribution in [-0.2, 0) is 21.7 Å². The third-order valence-corrected chi connectivity index (χ3v) is 16.9. The van der Waals surface area contributed by atoms with Crippen LogP contribution in [0.3, 0.4) is 0 Å². The van der Waals surface area contributed by atoms with Crippen LogP contribution in [0.15, 0.2) is 200 Å². The lowest BCUT2D eigenvalue weighted by atomic mass is 9.71. The fourth-order valence-electron chi connectivity index (χ4n) is 12.7. The van der Waals surface area contributed by atoms with Crippen molar-refractivity contribution in [1.82, 2.24) is 0 Å². The molecule has 0 saturated heterocycles. The van der Waals surface area contributed by atoms with Gasteiger partial charge >= 0.3 is 0 Å². The van der Waals surface area contributed by atoms with Crippen LogP contribution in [-0.4, -0.2) is 0 Å². The van der Waals surface area contributed by atoms with Crippen molar-refractivity contribution in [2.24, 2.45) is 0 Å². The van der Waals surface area contributed by atoms with E-state index < -0.39 is 0 Å². The van der Waals surface area contributed by atoms with E-state index in [2.05, 4.69) is 284 Å². The average molecular weight is 943 g/mol. The summed E-state index contributed by atoms with van der Waals surface area (Å²) in [5.74, 6) is 0. The molecule has 0 aromatic heterocycles. The summed E-state index contributed by atoms with van der Waals surface area (Å²) in [7, 11) is 0. The van der Waals surface area contributed by atoms with Crippen molar-refractivity contribution >= 4 is 67.8 Å². The first-order valence-corrected chi connectivity index (χ1v) is 26.2. The van der Waals surface area contributed by atoms with Crippen molar-refractivity contribution in [1.29, 1.82) is 0 Å². The van der Waals surface area contributed by atoms with Crippen LogP contribution >= 0.6 is 0 Å². The third kappa shape index (κ3) is 7.05. The van der Waals surface area contributed by atoms with Gasteiger partial charge in [0, 0.05) is 27.6 Å². The Hall–Kier alpha value is -7.94. The second-order valence-corrected chi connectivity index (χ2v) is 23.5. The van der Waals surface area contributed by atoms with Crippen molar-refractivity contribution in [3.05, 3.63) is 250 Å². The first-order valence-electron chi connectivity index (χ1n) is 26.2. The molecule has 0 saturated carbocycles. The molecule has 0 bridgehead atoms. The van der Waals surface area contributed by atoms with E-state index in [4.69, 9.17) is 0 Å². The predicted octanol–water partition coefficient (Wildman–Crippen LogP) is 19.7. The van der Waals surface area contributed by atoms with Crippen LogP contribution < -0.4 is 9.80 Å². The molecule has 2 heterocycles. The van der Waals surface area contributed by atoms with Crippen molar-refractivity contribution in [2.45, 2.75) is 84.0 Å². The van der Waals surface area contributed by atoms with Gasteiger partial charge in [-0.3, -0.25) is 0 Å². The number of hydrogen-bond acceptors (Lipinski definition) is 2. The summed E-state index contributed by atoms with van der Waals surface area (Å²) in [6.45, 7) is 21.2. The van der Waals surface area contributed by atoms with E-state index in [9.17, 15) is 0 Å². The molecule has 1 aliphatic carbocycles. The zero-order valence-corrected chi connectivity index (χ0v) is 43.6. The molecule has 3 aliphatic rings. The molecule has 0 spiro atoms. The fraction of sp³-hybridized carbons (Fsp3) is 0.183. The van der Waals surface area contributed by atoms with Crippen LogP contribution in [0, 0.1) is 0 Å². The largest absolute Gasteiger partial charge is 0.310 e. The van der Waals surface area contributed by atoms with Gasteiger partial charge in [-0.25, -0.2) is 0 Å². The summed E-state index contributed by atoms with van der Waals surface area (Å²) in [4.78, 5) is 4.96. The highest BCUT2D eigenvalue weighted by Gasteiger charge is 2.43. The topological polar surface area (TPSA) is 6.48 Å². The average Bonchev–Trinajstić information content (AvgIpc) is 3.61. The molecule has 13 rings (SSSR count). The number of hydrogen-bond donors (Lipinski definition) is 0. The number of rotatable bonds is 5. The lowest BCUT2D eigenvalue weighted by Gasteiger charge is -2.43. The van der Waals surface area contributed by atoms with Crippen LogP contribution in [0.2, 0.25) is 0 Å².